The van der Waals surface area contributed by atoms with Gasteiger partial charge in [0, 0.05) is 5.56 Å². The highest BCUT2D eigenvalue weighted by Crippen LogP contribution is 2.31. The van der Waals surface area contributed by atoms with Crippen molar-refractivity contribution in [2.45, 2.75) is 20.3 Å². The Morgan fingerprint density at radius 2 is 1.38 bits per heavy atom. The van der Waals surface area contributed by atoms with Gasteiger partial charge in [-0.25, -0.2) is 8.78 Å². The van der Waals surface area contributed by atoms with Gasteiger partial charge >= 0.3 is 0 Å². The summed E-state index contributed by atoms with van der Waals surface area (Å²) in [4.78, 5) is 0. The van der Waals surface area contributed by atoms with E-state index in [9.17, 15) is 13.2 Å². The molecule has 26 heavy (non-hydrogen) atoms. The molecule has 0 bridgehead atoms. The molecular weight excluding hydrogens is 337 g/mol. The highest BCUT2D eigenvalue weighted by atomic mass is 19.2. The summed E-state index contributed by atoms with van der Waals surface area (Å²) in [6.07, 6.45) is 0.633. The van der Waals surface area contributed by atoms with Crippen LogP contribution in [0.25, 0.3) is 22.3 Å². The van der Waals surface area contributed by atoms with Gasteiger partial charge in [-0.2, -0.15) is 4.39 Å². The van der Waals surface area contributed by atoms with Gasteiger partial charge in [-0.1, -0.05) is 43.3 Å². The van der Waals surface area contributed by atoms with Crippen LogP contribution in [0.15, 0.2) is 54.6 Å². The molecule has 0 unspecified atom stereocenters. The Balaban J connectivity index is 1.93. The molecule has 0 aliphatic rings. The fraction of sp³-hybridized carbons (Fsp3) is 0.182. The molecule has 0 atom stereocenters. The summed E-state index contributed by atoms with van der Waals surface area (Å²) in [6.45, 7) is 3.87. The van der Waals surface area contributed by atoms with E-state index in [1.54, 1.807) is 37.3 Å². The lowest BCUT2D eigenvalue weighted by Gasteiger charge is -2.10. The first kappa shape index (κ1) is 18.1. The molecule has 0 spiro atoms. The quantitative estimate of drug-likeness (QED) is 0.514. The van der Waals surface area contributed by atoms with E-state index in [1.807, 2.05) is 13.0 Å². The normalized spacial score (nSPS) is 10.8. The molecule has 0 aliphatic heterocycles. The van der Waals surface area contributed by atoms with Crippen LogP contribution < -0.4 is 4.74 Å². The summed E-state index contributed by atoms with van der Waals surface area (Å²) in [5.41, 5.74) is 2.91. The monoisotopic (exact) mass is 356 g/mol. The van der Waals surface area contributed by atoms with Crippen molar-refractivity contribution < 1.29 is 17.9 Å². The molecule has 4 heteroatoms. The number of hydrogen-bond acceptors (Lipinski definition) is 1. The van der Waals surface area contributed by atoms with Gasteiger partial charge in [0.15, 0.2) is 11.6 Å². The second-order valence-electron chi connectivity index (χ2n) is 5.91. The van der Waals surface area contributed by atoms with E-state index in [0.717, 1.165) is 11.1 Å². The Morgan fingerprint density at radius 3 is 2.00 bits per heavy atom. The first-order valence-corrected chi connectivity index (χ1v) is 8.55. The van der Waals surface area contributed by atoms with Crippen LogP contribution in [0.5, 0.6) is 5.75 Å². The van der Waals surface area contributed by atoms with Gasteiger partial charge in [0.05, 0.1) is 6.61 Å². The van der Waals surface area contributed by atoms with Crippen molar-refractivity contribution >= 4 is 0 Å². The fourth-order valence-corrected chi connectivity index (χ4v) is 2.88. The summed E-state index contributed by atoms with van der Waals surface area (Å²) in [6, 6.07) is 14.9. The molecule has 134 valence electrons. The second-order valence-corrected chi connectivity index (χ2v) is 5.91. The molecule has 0 fully saturated rings. The van der Waals surface area contributed by atoms with Gasteiger partial charge < -0.3 is 4.74 Å². The van der Waals surface area contributed by atoms with Crippen LogP contribution in [0.2, 0.25) is 0 Å². The Morgan fingerprint density at radius 1 is 0.731 bits per heavy atom. The van der Waals surface area contributed by atoms with Crippen LogP contribution in [0.3, 0.4) is 0 Å². The zero-order valence-corrected chi connectivity index (χ0v) is 14.7. The molecule has 0 amide bonds. The van der Waals surface area contributed by atoms with Crippen LogP contribution in [0.4, 0.5) is 13.2 Å². The Bertz CT molecular complexity index is 917. The van der Waals surface area contributed by atoms with Gasteiger partial charge in [0.1, 0.15) is 5.82 Å². The number of rotatable bonds is 5. The molecule has 0 saturated carbocycles. The highest BCUT2D eigenvalue weighted by molar-refractivity contribution is 5.71. The third kappa shape index (κ3) is 3.45. The fourth-order valence-electron chi connectivity index (χ4n) is 2.88. The first-order chi connectivity index (χ1) is 12.5. The first-order valence-electron chi connectivity index (χ1n) is 8.55. The van der Waals surface area contributed by atoms with E-state index in [2.05, 4.69) is 0 Å². The minimum Gasteiger partial charge on any atom is -0.491 e. The van der Waals surface area contributed by atoms with Crippen molar-refractivity contribution in [3.63, 3.8) is 0 Å². The van der Waals surface area contributed by atoms with Gasteiger partial charge in [0.25, 0.3) is 0 Å². The van der Waals surface area contributed by atoms with Crippen molar-refractivity contribution in [3.05, 3.63) is 77.6 Å². The lowest BCUT2D eigenvalue weighted by molar-refractivity contribution is 0.314. The standard InChI is InChI=1S/C22H19F3O/c1-3-14-5-10-17(13-19(14)23)15-6-8-16(9-7-15)18-11-12-20(26-4-2)22(25)21(18)24/h5-13H,3-4H2,1-2H3. The molecule has 3 aromatic carbocycles. The Hall–Kier alpha value is -2.75. The zero-order valence-electron chi connectivity index (χ0n) is 14.7. The SMILES string of the molecule is CCOc1ccc(-c2ccc(-c3ccc(CC)c(F)c3)cc2)c(F)c1F. The Labute approximate surface area is 151 Å². The van der Waals surface area contributed by atoms with E-state index in [-0.39, 0.29) is 23.7 Å². The predicted molar refractivity (Wildman–Crippen MR) is 97.7 cm³/mol. The van der Waals surface area contributed by atoms with E-state index >= 15 is 0 Å². The molecule has 0 saturated heterocycles. The van der Waals surface area contributed by atoms with Crippen LogP contribution in [0, 0.1) is 17.5 Å². The highest BCUT2D eigenvalue weighted by Gasteiger charge is 2.15. The summed E-state index contributed by atoms with van der Waals surface area (Å²) < 4.78 is 47.4. The van der Waals surface area contributed by atoms with Gasteiger partial charge in [-0.15, -0.1) is 0 Å². The van der Waals surface area contributed by atoms with Crippen molar-refractivity contribution in [2.24, 2.45) is 0 Å². The van der Waals surface area contributed by atoms with Gasteiger partial charge in [0.2, 0.25) is 5.82 Å². The maximum atomic E-state index is 14.3. The molecule has 0 N–H and O–H groups in total. The lowest BCUT2D eigenvalue weighted by atomic mass is 9.98. The topological polar surface area (TPSA) is 9.23 Å². The number of ether oxygens (including phenoxy) is 1. The van der Waals surface area contributed by atoms with Crippen molar-refractivity contribution in [3.8, 4) is 28.0 Å². The summed E-state index contributed by atoms with van der Waals surface area (Å²) >= 11 is 0. The second kappa shape index (κ2) is 7.65. The molecule has 0 aliphatic carbocycles. The molecule has 0 radical (unpaired) electrons. The molecule has 3 rings (SSSR count). The largest absolute Gasteiger partial charge is 0.491 e. The minimum atomic E-state index is -0.995. The lowest BCUT2D eigenvalue weighted by Crippen LogP contribution is -1.98. The number of halogens is 3. The zero-order chi connectivity index (χ0) is 18.7. The Kier molecular flexibility index (Phi) is 5.31. The smallest absolute Gasteiger partial charge is 0.201 e. The van der Waals surface area contributed by atoms with Crippen LogP contribution >= 0.6 is 0 Å². The van der Waals surface area contributed by atoms with Gasteiger partial charge in [-0.3, -0.25) is 0 Å². The maximum absolute atomic E-state index is 14.3. The van der Waals surface area contributed by atoms with E-state index in [4.69, 9.17) is 4.74 Å². The third-order valence-corrected chi connectivity index (χ3v) is 4.31. The third-order valence-electron chi connectivity index (χ3n) is 4.31. The van der Waals surface area contributed by atoms with Crippen LogP contribution in [-0.4, -0.2) is 6.61 Å². The van der Waals surface area contributed by atoms with Crippen LogP contribution in [-0.2, 0) is 6.42 Å². The van der Waals surface area contributed by atoms with Crippen molar-refractivity contribution in [1.29, 1.82) is 0 Å². The van der Waals surface area contributed by atoms with E-state index in [0.29, 0.717) is 17.5 Å². The van der Waals surface area contributed by atoms with E-state index < -0.39 is 11.6 Å². The van der Waals surface area contributed by atoms with E-state index in [1.165, 1.54) is 18.2 Å². The number of benzene rings is 3. The van der Waals surface area contributed by atoms with Crippen molar-refractivity contribution in [2.75, 3.05) is 6.61 Å². The maximum Gasteiger partial charge on any atom is 0.201 e. The minimum absolute atomic E-state index is 0.100. The summed E-state index contributed by atoms with van der Waals surface area (Å²) in [5.74, 6) is -2.28. The molecule has 0 heterocycles. The van der Waals surface area contributed by atoms with Gasteiger partial charge in [-0.05, 0) is 53.8 Å². The number of aryl methyl sites for hydroxylation is 1. The van der Waals surface area contributed by atoms with Crippen molar-refractivity contribution in [1.82, 2.24) is 0 Å². The number of hydrogen-bond donors (Lipinski definition) is 0. The molecule has 0 aromatic heterocycles. The molecular formula is C22H19F3O. The van der Waals surface area contributed by atoms with Crippen LogP contribution in [0.1, 0.15) is 19.4 Å². The molecule has 1 nitrogen and oxygen atoms in total. The average Bonchev–Trinajstić information content (AvgIpc) is 2.66. The average molecular weight is 356 g/mol. The summed E-state index contributed by atoms with van der Waals surface area (Å²) in [5, 5.41) is 0. The molecule has 3 aromatic rings. The summed E-state index contributed by atoms with van der Waals surface area (Å²) in [7, 11) is 0. The predicted octanol–water partition coefficient (Wildman–Crippen LogP) is 6.40.